The Kier molecular flexibility index (Phi) is 5.32. The molecule has 0 radical (unpaired) electrons. The second kappa shape index (κ2) is 6.76. The van der Waals surface area contributed by atoms with E-state index in [2.05, 4.69) is 5.32 Å². The van der Waals surface area contributed by atoms with E-state index in [0.29, 0.717) is 6.54 Å². The molecule has 0 spiro atoms. The SMILES string of the molecule is CNC(=O)CN(C)CC(C(=O)O)c1ccccc1. The highest BCUT2D eigenvalue weighted by atomic mass is 16.4. The number of carbonyl (C=O) groups excluding carboxylic acids is 1. The van der Waals surface area contributed by atoms with Crippen molar-refractivity contribution < 1.29 is 14.7 Å². The van der Waals surface area contributed by atoms with Gasteiger partial charge in [-0.3, -0.25) is 14.5 Å². The van der Waals surface area contributed by atoms with Gasteiger partial charge in [0.1, 0.15) is 0 Å². The van der Waals surface area contributed by atoms with Crippen molar-refractivity contribution in [1.29, 1.82) is 0 Å². The molecule has 0 bridgehead atoms. The fourth-order valence-electron chi connectivity index (χ4n) is 1.71. The summed E-state index contributed by atoms with van der Waals surface area (Å²) < 4.78 is 0. The topological polar surface area (TPSA) is 69.6 Å². The lowest BCUT2D eigenvalue weighted by Crippen LogP contribution is -2.36. The van der Waals surface area contributed by atoms with Gasteiger partial charge in [-0.15, -0.1) is 0 Å². The van der Waals surface area contributed by atoms with E-state index in [4.69, 9.17) is 0 Å². The van der Waals surface area contributed by atoms with Crippen molar-refractivity contribution in [1.82, 2.24) is 10.2 Å². The minimum Gasteiger partial charge on any atom is -0.481 e. The van der Waals surface area contributed by atoms with Crippen LogP contribution in [0.2, 0.25) is 0 Å². The molecular formula is C13H18N2O3. The first-order valence-corrected chi connectivity index (χ1v) is 5.71. The largest absolute Gasteiger partial charge is 0.481 e. The Hall–Kier alpha value is -1.88. The Morgan fingerprint density at radius 3 is 2.44 bits per heavy atom. The highest BCUT2D eigenvalue weighted by Crippen LogP contribution is 2.16. The molecular weight excluding hydrogens is 232 g/mol. The molecule has 0 saturated heterocycles. The summed E-state index contributed by atoms with van der Waals surface area (Å²) in [5, 5.41) is 11.7. The zero-order chi connectivity index (χ0) is 13.5. The van der Waals surface area contributed by atoms with Crippen molar-refractivity contribution in [3.63, 3.8) is 0 Å². The molecule has 0 aliphatic heterocycles. The fourth-order valence-corrected chi connectivity index (χ4v) is 1.71. The van der Waals surface area contributed by atoms with Gasteiger partial charge in [0.15, 0.2) is 0 Å². The first-order valence-electron chi connectivity index (χ1n) is 5.71. The minimum absolute atomic E-state index is 0.130. The first-order chi connectivity index (χ1) is 8.54. The quantitative estimate of drug-likeness (QED) is 0.773. The molecule has 1 amide bonds. The summed E-state index contributed by atoms with van der Waals surface area (Å²) in [6, 6.07) is 9.03. The Morgan fingerprint density at radius 2 is 1.94 bits per heavy atom. The summed E-state index contributed by atoms with van der Waals surface area (Å²) in [4.78, 5) is 24.2. The smallest absolute Gasteiger partial charge is 0.312 e. The number of hydrogen-bond donors (Lipinski definition) is 2. The maximum absolute atomic E-state index is 11.3. The van der Waals surface area contributed by atoms with Gasteiger partial charge in [-0.05, 0) is 12.6 Å². The number of likely N-dealkylation sites (N-methyl/N-ethyl adjacent to an activating group) is 2. The van der Waals surface area contributed by atoms with Gasteiger partial charge >= 0.3 is 5.97 Å². The van der Waals surface area contributed by atoms with Gasteiger partial charge in [0, 0.05) is 13.6 Å². The second-order valence-electron chi connectivity index (χ2n) is 4.17. The molecule has 18 heavy (non-hydrogen) atoms. The number of benzene rings is 1. The number of carboxylic acid groups (broad SMARTS) is 1. The number of nitrogens with zero attached hydrogens (tertiary/aromatic N) is 1. The standard InChI is InChI=1S/C13H18N2O3/c1-14-12(16)9-15(2)8-11(13(17)18)10-6-4-3-5-7-10/h3-7,11H,8-9H2,1-2H3,(H,14,16)(H,17,18). The third kappa shape index (κ3) is 4.18. The molecule has 1 rings (SSSR count). The van der Waals surface area contributed by atoms with Crippen LogP contribution in [0.4, 0.5) is 0 Å². The van der Waals surface area contributed by atoms with Crippen LogP contribution in [0.25, 0.3) is 0 Å². The summed E-state index contributed by atoms with van der Waals surface area (Å²) in [7, 11) is 3.29. The second-order valence-corrected chi connectivity index (χ2v) is 4.17. The fraction of sp³-hybridized carbons (Fsp3) is 0.385. The predicted octanol–water partition coefficient (Wildman–Crippen LogP) is 0.533. The van der Waals surface area contributed by atoms with Crippen LogP contribution in [0.15, 0.2) is 30.3 Å². The molecule has 5 nitrogen and oxygen atoms in total. The molecule has 0 aliphatic carbocycles. The average molecular weight is 250 g/mol. The number of hydrogen-bond acceptors (Lipinski definition) is 3. The Bertz CT molecular complexity index is 406. The van der Waals surface area contributed by atoms with Crippen molar-refractivity contribution in [3.8, 4) is 0 Å². The summed E-state index contributed by atoms with van der Waals surface area (Å²) in [6.45, 7) is 0.486. The van der Waals surface area contributed by atoms with Gasteiger partial charge in [0.25, 0.3) is 0 Å². The van der Waals surface area contributed by atoms with Gasteiger partial charge < -0.3 is 10.4 Å². The van der Waals surface area contributed by atoms with E-state index in [0.717, 1.165) is 5.56 Å². The van der Waals surface area contributed by atoms with Crippen LogP contribution in [-0.4, -0.2) is 49.1 Å². The number of rotatable bonds is 6. The summed E-state index contributed by atoms with van der Waals surface area (Å²) in [5.74, 6) is -1.64. The molecule has 1 atom stereocenters. The van der Waals surface area contributed by atoms with E-state index in [1.165, 1.54) is 0 Å². The number of amides is 1. The maximum Gasteiger partial charge on any atom is 0.312 e. The first kappa shape index (κ1) is 14.2. The van der Waals surface area contributed by atoms with Gasteiger partial charge in [0.2, 0.25) is 5.91 Å². The molecule has 1 unspecified atom stereocenters. The minimum atomic E-state index is -0.884. The maximum atomic E-state index is 11.3. The van der Waals surface area contributed by atoms with E-state index in [-0.39, 0.29) is 12.5 Å². The van der Waals surface area contributed by atoms with Crippen molar-refractivity contribution in [2.24, 2.45) is 0 Å². The molecule has 0 heterocycles. The molecule has 0 aliphatic rings. The number of carboxylic acids is 1. The molecule has 2 N–H and O–H groups in total. The highest BCUT2D eigenvalue weighted by Gasteiger charge is 2.22. The Labute approximate surface area is 106 Å². The Morgan fingerprint density at radius 1 is 1.33 bits per heavy atom. The van der Waals surface area contributed by atoms with Crippen molar-refractivity contribution >= 4 is 11.9 Å². The molecule has 1 aromatic carbocycles. The van der Waals surface area contributed by atoms with Crippen LogP contribution < -0.4 is 5.32 Å². The van der Waals surface area contributed by atoms with Crippen LogP contribution in [0.5, 0.6) is 0 Å². The van der Waals surface area contributed by atoms with Gasteiger partial charge in [0.05, 0.1) is 12.5 Å². The lowest BCUT2D eigenvalue weighted by atomic mass is 9.99. The van der Waals surface area contributed by atoms with Crippen LogP contribution in [-0.2, 0) is 9.59 Å². The predicted molar refractivity (Wildman–Crippen MR) is 68.4 cm³/mol. The van der Waals surface area contributed by atoms with E-state index in [9.17, 15) is 14.7 Å². The van der Waals surface area contributed by atoms with Crippen molar-refractivity contribution in [3.05, 3.63) is 35.9 Å². The Balaban J connectivity index is 2.70. The molecule has 98 valence electrons. The van der Waals surface area contributed by atoms with E-state index < -0.39 is 11.9 Å². The zero-order valence-electron chi connectivity index (χ0n) is 10.6. The van der Waals surface area contributed by atoms with Crippen LogP contribution in [0.3, 0.4) is 0 Å². The molecule has 0 saturated carbocycles. The van der Waals surface area contributed by atoms with E-state index >= 15 is 0 Å². The van der Waals surface area contributed by atoms with Gasteiger partial charge in [-0.1, -0.05) is 30.3 Å². The van der Waals surface area contributed by atoms with Crippen LogP contribution in [0.1, 0.15) is 11.5 Å². The lowest BCUT2D eigenvalue weighted by Gasteiger charge is -2.20. The normalized spacial score (nSPS) is 12.2. The molecule has 5 heteroatoms. The van der Waals surface area contributed by atoms with Crippen molar-refractivity contribution in [2.75, 3.05) is 27.2 Å². The summed E-state index contributed by atoms with van der Waals surface area (Å²) >= 11 is 0. The lowest BCUT2D eigenvalue weighted by molar-refractivity contribution is -0.139. The number of aliphatic carboxylic acids is 1. The van der Waals surface area contributed by atoms with Crippen LogP contribution >= 0.6 is 0 Å². The summed E-state index contributed by atoms with van der Waals surface area (Å²) in [6.07, 6.45) is 0. The third-order valence-electron chi connectivity index (χ3n) is 2.69. The molecule has 0 aromatic heterocycles. The monoisotopic (exact) mass is 250 g/mol. The number of nitrogens with one attached hydrogen (secondary N) is 1. The van der Waals surface area contributed by atoms with Crippen LogP contribution in [0, 0.1) is 0 Å². The highest BCUT2D eigenvalue weighted by molar-refractivity contribution is 5.78. The molecule has 0 fully saturated rings. The number of carbonyl (C=O) groups is 2. The summed E-state index contributed by atoms with van der Waals surface area (Å²) in [5.41, 5.74) is 0.744. The van der Waals surface area contributed by atoms with Gasteiger partial charge in [-0.2, -0.15) is 0 Å². The van der Waals surface area contributed by atoms with E-state index in [1.807, 2.05) is 18.2 Å². The average Bonchev–Trinajstić information content (AvgIpc) is 2.36. The van der Waals surface area contributed by atoms with Gasteiger partial charge in [-0.25, -0.2) is 0 Å². The molecule has 1 aromatic rings. The zero-order valence-corrected chi connectivity index (χ0v) is 10.6. The van der Waals surface area contributed by atoms with Crippen molar-refractivity contribution in [2.45, 2.75) is 5.92 Å². The third-order valence-corrected chi connectivity index (χ3v) is 2.69. The van der Waals surface area contributed by atoms with E-state index in [1.54, 1.807) is 31.1 Å².